The summed E-state index contributed by atoms with van der Waals surface area (Å²) in [7, 11) is -9.76. The van der Waals surface area contributed by atoms with Gasteiger partial charge < -0.3 is 98.1 Å². The van der Waals surface area contributed by atoms with Gasteiger partial charge in [0.05, 0.1) is 212 Å². The number of aliphatic carboxylic acids is 2. The van der Waals surface area contributed by atoms with Crippen LogP contribution in [-0.2, 0) is 120 Å². The van der Waals surface area contributed by atoms with E-state index in [9.17, 15) is 69.6 Å². The molecule has 2 heterocycles. The number of carbonyl (C=O) groups excluding carboxylic acids is 7. The Balaban J connectivity index is 0.938. The molecule has 0 aromatic heterocycles. The van der Waals surface area contributed by atoms with E-state index in [1.807, 2.05) is 52.0 Å². The number of hydrogen-bond acceptors (Lipinski definition) is 29. The summed E-state index contributed by atoms with van der Waals surface area (Å²) in [4.78, 5) is 116. The normalized spacial score (nSPS) is 14.2. The summed E-state index contributed by atoms with van der Waals surface area (Å²) in [5, 5.41) is 26.3. The third-order valence-corrected chi connectivity index (χ3v) is 22.0. The molecule has 1 fully saturated rings. The molecule has 5 rings (SSSR count). The molecule has 1 aliphatic carbocycles. The second kappa shape index (κ2) is 56.1. The quantitative estimate of drug-likeness (QED) is 0.0103. The summed E-state index contributed by atoms with van der Waals surface area (Å²) in [5.41, 5.74) is 7.94. The first kappa shape index (κ1) is 101. The third-order valence-electron chi connectivity index (χ3n) is 18.3. The Labute approximate surface area is 693 Å². The zero-order chi connectivity index (χ0) is 86.3. The number of thioether (sulfide) groups is 1. The number of carboxylic acids is 2. The minimum atomic E-state index is -5.14. The Morgan fingerprint density at radius 3 is 1.53 bits per heavy atom. The summed E-state index contributed by atoms with van der Waals surface area (Å²) in [5.74, 6) is -8.16. The average molecular weight is 1730 g/mol. The molecule has 2 aromatic rings. The number of Topliss-reactive ketones (excluding diaryl/α,β-unsaturated/α-hetero) is 2. The molecule has 0 bridgehead atoms. The van der Waals surface area contributed by atoms with Crippen LogP contribution in [0.2, 0.25) is 0 Å². The highest BCUT2D eigenvalue weighted by atomic mass is 32.2. The maximum absolute atomic E-state index is 14.0. The fourth-order valence-corrected chi connectivity index (χ4v) is 15.1. The monoisotopic (exact) mass is 1730 g/mol. The second-order valence-electron chi connectivity index (χ2n) is 26.6. The van der Waals surface area contributed by atoms with Crippen LogP contribution < -0.4 is 41.2 Å². The minimum absolute atomic E-state index is 0.00808. The summed E-state index contributed by atoms with van der Waals surface area (Å²) in [6.07, 6.45) is -1.97. The van der Waals surface area contributed by atoms with Crippen molar-refractivity contribution in [3.8, 4) is 22.5 Å². The Bertz CT molecular complexity index is 4070. The van der Waals surface area contributed by atoms with E-state index >= 15 is 0 Å². The van der Waals surface area contributed by atoms with Gasteiger partial charge in [-0.25, -0.2) is 17.7 Å². The fourth-order valence-electron chi connectivity index (χ4n) is 11.9. The molecule has 0 spiro atoms. The number of anilines is 1. The van der Waals surface area contributed by atoms with E-state index in [0.717, 1.165) is 33.8 Å². The number of ether oxygens (including phenoxy) is 12. The highest BCUT2D eigenvalue weighted by Gasteiger charge is 2.41. The number of carboxylic acid groups (broad SMARTS) is 2. The van der Waals surface area contributed by atoms with Crippen molar-refractivity contribution < 1.29 is 136 Å². The number of ketones is 2. The van der Waals surface area contributed by atoms with Crippen molar-refractivity contribution in [3.63, 3.8) is 0 Å². The van der Waals surface area contributed by atoms with Crippen LogP contribution in [0.5, 0.6) is 0 Å². The number of fused-ring (bicyclic) bond motifs is 2. The summed E-state index contributed by atoms with van der Waals surface area (Å²) >= 11 is 0.875. The van der Waals surface area contributed by atoms with E-state index in [0.29, 0.717) is 166 Å². The predicted octanol–water partition coefficient (Wildman–Crippen LogP) is 2.16. The van der Waals surface area contributed by atoms with Crippen LogP contribution in [-0.4, -0.2) is 323 Å². The standard InChI is InChI=1S/C78H118N8O29S3/c1-7-62(79)77(96)83-64(52-74(93)94)66(88)47-55(76(95)80-21-24-104-26-28-106-30-32-108-34-36-110-38-40-112-42-44-114-46-45-113-43-41-111-39-37-109-35-33-107-31-29-105-27-25-103-23-19-71(89)82-63(51-73(91)92)65(87)8-2)54-116-69-53-72(90)86(78(69)97)22-20-81-117(98,99)58-15-18-61(70(50-58)118(100,101)102)75-59-16-13-56(84(9-3)10-4)48-67(59)115-68-49-57(14-17-60(68)75)85(11-5)12-6/h13-18,48-50,55,62-64,69,81H,7-12,19-47,51-54,79H2,1-6H3,(H5-,80,82,83,89,91,92,93,94,95,96,100,101,102)/p+1/t55-,62-,63-,64-,69?/m0/s1. The molecule has 662 valence electrons. The highest BCUT2D eigenvalue weighted by Crippen LogP contribution is 2.44. The second-order valence-corrected chi connectivity index (χ2v) is 31.0. The molecule has 5 amide bonds. The summed E-state index contributed by atoms with van der Waals surface area (Å²) in [6, 6.07) is 10.6. The molecule has 9 N–H and O–H groups in total. The maximum atomic E-state index is 14.0. The van der Waals surface area contributed by atoms with Crippen molar-refractivity contribution in [1.82, 2.24) is 30.1 Å². The van der Waals surface area contributed by atoms with Gasteiger partial charge in [0.15, 0.2) is 11.6 Å². The Morgan fingerprint density at radius 2 is 1.07 bits per heavy atom. The van der Waals surface area contributed by atoms with Gasteiger partial charge in [0.1, 0.15) is 29.3 Å². The molecular formula is C78H119N8O29S3+. The molecule has 118 heavy (non-hydrogen) atoms. The van der Waals surface area contributed by atoms with Gasteiger partial charge in [-0.05, 0) is 64.4 Å². The molecule has 1 saturated heterocycles. The molecule has 3 aliphatic rings. The number of carbonyl (C=O) groups is 9. The number of imide groups is 1. The number of rotatable bonds is 68. The third kappa shape index (κ3) is 36.4. The van der Waals surface area contributed by atoms with E-state index < -0.39 is 139 Å². The lowest BCUT2D eigenvalue weighted by Crippen LogP contribution is -2.49. The largest absolute Gasteiger partial charge is 0.481 e. The number of sulfonamides is 1. The van der Waals surface area contributed by atoms with Gasteiger partial charge in [-0.1, -0.05) is 19.9 Å². The first-order chi connectivity index (χ1) is 56.7. The van der Waals surface area contributed by atoms with Gasteiger partial charge in [0, 0.05) is 104 Å². The molecule has 1 unspecified atom stereocenters. The van der Waals surface area contributed by atoms with E-state index in [-0.39, 0.29) is 95.6 Å². The SMILES string of the molecule is CCC(=O)[C@H](CC(=O)O)NC(=O)CCOCCOCCOCCOCCOCCOCCOCCOCCOCCOCCOCCOCCNC(=O)[C@H](CSC1CC(=O)N(CCNS(=O)(=O)c2ccc(-c3c4ccc(=[N+](CC)CC)cc-4oc4cc(N(CC)CC)ccc34)c(S(=O)(=O)O)c2)C1=O)CC(=O)[C@H](CC(=O)O)NC(=O)[C@@H](N)CC. The first-order valence-corrected chi connectivity index (χ1v) is 43.6. The zero-order valence-corrected chi connectivity index (χ0v) is 70.7. The van der Waals surface area contributed by atoms with Crippen molar-refractivity contribution in [2.24, 2.45) is 11.7 Å². The van der Waals surface area contributed by atoms with Crippen LogP contribution >= 0.6 is 11.8 Å². The van der Waals surface area contributed by atoms with Crippen molar-refractivity contribution in [1.29, 1.82) is 0 Å². The topological polar surface area (TPSA) is 490 Å². The van der Waals surface area contributed by atoms with Crippen LogP contribution in [0, 0.1) is 5.92 Å². The van der Waals surface area contributed by atoms with E-state index in [1.165, 1.54) is 12.1 Å². The van der Waals surface area contributed by atoms with E-state index in [2.05, 4.69) is 30.1 Å². The van der Waals surface area contributed by atoms with E-state index in [1.54, 1.807) is 26.0 Å². The van der Waals surface area contributed by atoms with Crippen molar-refractivity contribution in [2.45, 2.75) is 120 Å². The number of hydrogen-bond donors (Lipinski definition) is 8. The number of nitrogens with zero attached hydrogens (tertiary/aromatic N) is 3. The molecule has 5 atom stereocenters. The van der Waals surface area contributed by atoms with Crippen molar-refractivity contribution in [2.75, 3.05) is 215 Å². The lowest BCUT2D eigenvalue weighted by atomic mass is 9.93. The van der Waals surface area contributed by atoms with Crippen LogP contribution in [0.1, 0.15) is 86.5 Å². The Morgan fingerprint density at radius 1 is 0.585 bits per heavy atom. The van der Waals surface area contributed by atoms with Crippen LogP contribution in [0.4, 0.5) is 5.69 Å². The fraction of sp³-hybridized carbons (Fsp3) is 0.641. The van der Waals surface area contributed by atoms with Gasteiger partial charge in [0.25, 0.3) is 10.1 Å². The highest BCUT2D eigenvalue weighted by molar-refractivity contribution is 8.00. The molecule has 0 radical (unpaired) electrons. The number of benzene rings is 3. The molecule has 40 heteroatoms. The zero-order valence-electron chi connectivity index (χ0n) is 68.3. The van der Waals surface area contributed by atoms with Crippen LogP contribution in [0.25, 0.3) is 33.4 Å². The number of nitrogens with two attached hydrogens (primary N) is 1. The first-order valence-electron chi connectivity index (χ1n) is 39.7. The maximum Gasteiger partial charge on any atom is 0.305 e. The molecule has 0 saturated carbocycles. The van der Waals surface area contributed by atoms with Gasteiger partial charge in [-0.15, -0.1) is 11.8 Å². The van der Waals surface area contributed by atoms with Crippen LogP contribution in [0.15, 0.2) is 68.8 Å². The van der Waals surface area contributed by atoms with E-state index in [4.69, 9.17) is 72.1 Å². The Hall–Kier alpha value is -7.59. The number of likely N-dealkylation sites (tertiary alicyclic amines) is 1. The minimum Gasteiger partial charge on any atom is -0.481 e. The molecule has 2 aliphatic heterocycles. The Kier molecular flexibility index (Phi) is 48.0. The van der Waals surface area contributed by atoms with Gasteiger partial charge in [0.2, 0.25) is 44.9 Å². The number of nitrogens with one attached hydrogen (secondary N) is 4. The molecule has 37 nitrogen and oxygen atoms in total. The van der Waals surface area contributed by atoms with Crippen molar-refractivity contribution in [3.05, 3.63) is 60.0 Å². The lowest BCUT2D eigenvalue weighted by molar-refractivity contribution is -0.141. The average Bonchev–Trinajstić information content (AvgIpc) is 0.822. The van der Waals surface area contributed by atoms with Gasteiger partial charge in [-0.3, -0.25) is 52.6 Å². The lowest BCUT2D eigenvalue weighted by Gasteiger charge is -2.22. The van der Waals surface area contributed by atoms with Gasteiger partial charge >= 0.3 is 11.9 Å². The summed E-state index contributed by atoms with van der Waals surface area (Å²) in [6.45, 7) is 20.5. The van der Waals surface area contributed by atoms with Gasteiger partial charge in [-0.2, -0.15) is 8.42 Å². The predicted molar refractivity (Wildman–Crippen MR) is 433 cm³/mol. The smallest absolute Gasteiger partial charge is 0.305 e. The molecular weight excluding hydrogens is 1610 g/mol. The summed E-state index contributed by atoms with van der Waals surface area (Å²) < 4.78 is 143. The number of amides is 5. The molecule has 2 aromatic carbocycles. The van der Waals surface area contributed by atoms with Crippen LogP contribution in [0.3, 0.4) is 0 Å². The van der Waals surface area contributed by atoms with Crippen molar-refractivity contribution >= 4 is 102 Å².